The van der Waals surface area contributed by atoms with Crippen molar-refractivity contribution in [3.63, 3.8) is 0 Å². The molecular formula is C21H32N4O2S. The average molecular weight is 405 g/mol. The van der Waals surface area contributed by atoms with Crippen LogP contribution >= 0.6 is 11.5 Å². The summed E-state index contributed by atoms with van der Waals surface area (Å²) < 4.78 is 9.82. The SMILES string of the molecule is CCCCN(CCC(=O)NC(C)CC)c1nc(Cc2cccc(OC)c2)ns1. The van der Waals surface area contributed by atoms with E-state index in [9.17, 15) is 4.79 Å². The Kier molecular flexibility index (Phi) is 9.20. The van der Waals surface area contributed by atoms with Crippen molar-refractivity contribution in [3.05, 3.63) is 35.7 Å². The van der Waals surface area contributed by atoms with Crippen LogP contribution in [-0.4, -0.2) is 41.5 Å². The molecule has 1 N–H and O–H groups in total. The Morgan fingerprint density at radius 1 is 1.32 bits per heavy atom. The zero-order chi connectivity index (χ0) is 20.4. The molecule has 1 aromatic carbocycles. The maximum absolute atomic E-state index is 12.1. The largest absolute Gasteiger partial charge is 0.497 e. The number of hydrogen-bond acceptors (Lipinski definition) is 6. The molecule has 2 aromatic rings. The van der Waals surface area contributed by atoms with Crippen molar-refractivity contribution in [1.82, 2.24) is 14.7 Å². The number of benzene rings is 1. The summed E-state index contributed by atoms with van der Waals surface area (Å²) in [5, 5.41) is 3.92. The van der Waals surface area contributed by atoms with Crippen molar-refractivity contribution >= 4 is 22.6 Å². The third-order valence-corrected chi connectivity index (χ3v) is 5.45. The van der Waals surface area contributed by atoms with Gasteiger partial charge in [-0.1, -0.05) is 32.4 Å². The van der Waals surface area contributed by atoms with Crippen molar-refractivity contribution in [2.24, 2.45) is 0 Å². The fourth-order valence-corrected chi connectivity index (χ4v) is 3.48. The third-order valence-electron chi connectivity index (χ3n) is 4.63. The van der Waals surface area contributed by atoms with Gasteiger partial charge in [0.15, 0.2) is 0 Å². The number of anilines is 1. The van der Waals surface area contributed by atoms with Gasteiger partial charge in [-0.15, -0.1) is 0 Å². The number of aromatic nitrogens is 2. The summed E-state index contributed by atoms with van der Waals surface area (Å²) in [5.41, 5.74) is 1.12. The molecule has 28 heavy (non-hydrogen) atoms. The van der Waals surface area contributed by atoms with E-state index in [1.54, 1.807) is 7.11 Å². The van der Waals surface area contributed by atoms with E-state index in [1.807, 2.05) is 25.1 Å². The Bertz CT molecular complexity index is 735. The van der Waals surface area contributed by atoms with Crippen LogP contribution in [0.4, 0.5) is 5.13 Å². The first-order valence-electron chi connectivity index (χ1n) is 10.1. The van der Waals surface area contributed by atoms with Gasteiger partial charge in [-0.25, -0.2) is 4.98 Å². The first-order chi connectivity index (χ1) is 13.5. The number of ether oxygens (including phenoxy) is 1. The number of hydrogen-bond donors (Lipinski definition) is 1. The molecule has 154 valence electrons. The van der Waals surface area contributed by atoms with Crippen LogP contribution in [0.3, 0.4) is 0 Å². The fourth-order valence-electron chi connectivity index (χ4n) is 2.75. The minimum absolute atomic E-state index is 0.0944. The highest BCUT2D eigenvalue weighted by atomic mass is 32.1. The highest BCUT2D eigenvalue weighted by Gasteiger charge is 2.15. The van der Waals surface area contributed by atoms with E-state index < -0.39 is 0 Å². The standard InChI is InChI=1S/C21H32N4O2S/c1-5-7-12-25(13-11-20(26)22-16(3)6-2)21-23-19(24-28-21)15-17-9-8-10-18(14-17)27-4/h8-10,14,16H,5-7,11-13,15H2,1-4H3,(H,22,26). The molecule has 1 heterocycles. The summed E-state index contributed by atoms with van der Waals surface area (Å²) >= 11 is 1.41. The zero-order valence-electron chi connectivity index (χ0n) is 17.4. The molecule has 0 bridgehead atoms. The Morgan fingerprint density at radius 2 is 2.14 bits per heavy atom. The van der Waals surface area contributed by atoms with Gasteiger partial charge in [-0.3, -0.25) is 4.79 Å². The molecule has 1 unspecified atom stereocenters. The van der Waals surface area contributed by atoms with Crippen molar-refractivity contribution in [2.75, 3.05) is 25.1 Å². The van der Waals surface area contributed by atoms with Crippen LogP contribution in [0.5, 0.6) is 5.75 Å². The maximum Gasteiger partial charge on any atom is 0.221 e. The maximum atomic E-state index is 12.1. The molecule has 0 radical (unpaired) electrons. The lowest BCUT2D eigenvalue weighted by Crippen LogP contribution is -2.35. The molecule has 7 heteroatoms. The smallest absolute Gasteiger partial charge is 0.221 e. The topological polar surface area (TPSA) is 67.4 Å². The molecule has 0 saturated carbocycles. The third kappa shape index (κ3) is 7.11. The first kappa shape index (κ1) is 22.1. The van der Waals surface area contributed by atoms with Crippen LogP contribution in [-0.2, 0) is 11.2 Å². The second kappa shape index (κ2) is 11.6. The second-order valence-corrected chi connectivity index (χ2v) is 7.72. The molecule has 0 aliphatic heterocycles. The van der Waals surface area contributed by atoms with Crippen LogP contribution in [0.15, 0.2) is 24.3 Å². The van der Waals surface area contributed by atoms with Gasteiger partial charge >= 0.3 is 0 Å². The van der Waals surface area contributed by atoms with Crippen molar-refractivity contribution in [2.45, 2.75) is 58.9 Å². The predicted molar refractivity (Wildman–Crippen MR) is 115 cm³/mol. The van der Waals surface area contributed by atoms with Crippen LogP contribution in [0.2, 0.25) is 0 Å². The lowest BCUT2D eigenvalue weighted by atomic mass is 10.1. The van der Waals surface area contributed by atoms with E-state index in [4.69, 9.17) is 9.72 Å². The van der Waals surface area contributed by atoms with Crippen molar-refractivity contribution < 1.29 is 9.53 Å². The average Bonchev–Trinajstić information content (AvgIpc) is 3.16. The molecule has 0 saturated heterocycles. The number of carbonyl (C=O) groups is 1. The van der Waals surface area contributed by atoms with Crippen LogP contribution in [0.1, 0.15) is 57.8 Å². The van der Waals surface area contributed by atoms with Gasteiger partial charge in [0, 0.05) is 43.5 Å². The quantitative estimate of drug-likeness (QED) is 0.578. The number of carbonyl (C=O) groups excluding carboxylic acids is 1. The van der Waals surface area contributed by atoms with E-state index in [-0.39, 0.29) is 11.9 Å². The molecule has 0 aliphatic rings. The van der Waals surface area contributed by atoms with Gasteiger partial charge in [0.2, 0.25) is 11.0 Å². The summed E-state index contributed by atoms with van der Waals surface area (Å²) in [6.45, 7) is 7.82. The predicted octanol–water partition coefficient (Wildman–Crippen LogP) is 4.05. The lowest BCUT2D eigenvalue weighted by Gasteiger charge is -2.21. The van der Waals surface area contributed by atoms with Gasteiger partial charge in [-0.2, -0.15) is 4.37 Å². The minimum atomic E-state index is 0.0944. The molecule has 2 rings (SSSR count). The van der Waals surface area contributed by atoms with Crippen molar-refractivity contribution in [1.29, 1.82) is 0 Å². The Morgan fingerprint density at radius 3 is 2.86 bits per heavy atom. The van der Waals surface area contributed by atoms with E-state index >= 15 is 0 Å². The van der Waals surface area contributed by atoms with Crippen molar-refractivity contribution in [3.8, 4) is 5.75 Å². The summed E-state index contributed by atoms with van der Waals surface area (Å²) in [7, 11) is 1.67. The highest BCUT2D eigenvalue weighted by molar-refractivity contribution is 7.09. The normalized spacial score (nSPS) is 11.9. The molecular weight excluding hydrogens is 372 g/mol. The number of amides is 1. The van der Waals surface area contributed by atoms with E-state index in [2.05, 4.69) is 34.5 Å². The van der Waals surface area contributed by atoms with Gasteiger partial charge in [-0.05, 0) is 37.5 Å². The fraction of sp³-hybridized carbons (Fsp3) is 0.571. The Hall–Kier alpha value is -2.15. The Balaban J connectivity index is 2.00. The van der Waals surface area contributed by atoms with Crippen LogP contribution in [0.25, 0.3) is 0 Å². The number of unbranched alkanes of at least 4 members (excludes halogenated alkanes) is 1. The molecule has 1 atom stereocenters. The Labute approximate surface area is 172 Å². The van der Waals surface area contributed by atoms with Gasteiger partial charge < -0.3 is 15.0 Å². The molecule has 1 aromatic heterocycles. The molecule has 0 spiro atoms. The minimum Gasteiger partial charge on any atom is -0.497 e. The number of methoxy groups -OCH3 is 1. The van der Waals surface area contributed by atoms with E-state index in [0.717, 1.165) is 48.1 Å². The van der Waals surface area contributed by atoms with E-state index in [0.29, 0.717) is 19.4 Å². The van der Waals surface area contributed by atoms with Gasteiger partial charge in [0.25, 0.3) is 0 Å². The number of rotatable bonds is 12. The zero-order valence-corrected chi connectivity index (χ0v) is 18.2. The molecule has 0 aliphatic carbocycles. The molecule has 6 nitrogen and oxygen atoms in total. The molecule has 0 fully saturated rings. The summed E-state index contributed by atoms with van der Waals surface area (Å²) in [6.07, 6.45) is 4.25. The summed E-state index contributed by atoms with van der Waals surface area (Å²) in [4.78, 5) is 19.1. The van der Waals surface area contributed by atoms with Crippen LogP contribution in [0, 0.1) is 0 Å². The monoisotopic (exact) mass is 404 g/mol. The van der Waals surface area contributed by atoms with Gasteiger partial charge in [0.1, 0.15) is 11.6 Å². The summed E-state index contributed by atoms with van der Waals surface area (Å²) in [6, 6.07) is 8.18. The molecule has 1 amide bonds. The highest BCUT2D eigenvalue weighted by Crippen LogP contribution is 2.21. The van der Waals surface area contributed by atoms with E-state index in [1.165, 1.54) is 11.5 Å². The van der Waals surface area contributed by atoms with Gasteiger partial charge in [0.05, 0.1) is 7.11 Å². The lowest BCUT2D eigenvalue weighted by molar-refractivity contribution is -0.121. The second-order valence-electron chi connectivity index (χ2n) is 6.99. The van der Waals surface area contributed by atoms with Crippen LogP contribution < -0.4 is 15.0 Å². The number of nitrogens with one attached hydrogen (secondary N) is 1. The number of nitrogens with zero attached hydrogens (tertiary/aromatic N) is 3. The summed E-state index contributed by atoms with van der Waals surface area (Å²) in [5.74, 6) is 1.74. The first-order valence-corrected chi connectivity index (χ1v) is 10.8.